The monoisotopic (exact) mass is 231 g/mol. The normalized spacial score (nSPS) is 10.9. The minimum atomic E-state index is -3.45. The highest BCUT2D eigenvalue weighted by atomic mass is 32.2. The van der Waals surface area contributed by atoms with Gasteiger partial charge in [-0.3, -0.25) is 10.1 Å². The van der Waals surface area contributed by atoms with Crippen LogP contribution in [0.25, 0.3) is 0 Å². The standard InChI is InChI=1S/C6H9N5O3S/c1-2-3-15(13,14)4-5(12)7-6-8-10-11-9-6/h2H,1,3-4H2,(H2,7,8,9,10,11,12). The number of nitrogens with one attached hydrogen (secondary N) is 2. The lowest BCUT2D eigenvalue weighted by atomic mass is 10.7. The number of hydrogen-bond acceptors (Lipinski definition) is 6. The largest absolute Gasteiger partial charge is 0.291 e. The van der Waals surface area contributed by atoms with Gasteiger partial charge in [0.25, 0.3) is 5.95 Å². The zero-order chi connectivity index (χ0) is 11.3. The van der Waals surface area contributed by atoms with E-state index in [-0.39, 0.29) is 11.7 Å². The molecule has 0 aliphatic rings. The van der Waals surface area contributed by atoms with Gasteiger partial charge in [-0.25, -0.2) is 8.42 Å². The maximum absolute atomic E-state index is 11.2. The lowest BCUT2D eigenvalue weighted by molar-refractivity contribution is -0.113. The zero-order valence-corrected chi connectivity index (χ0v) is 8.49. The summed E-state index contributed by atoms with van der Waals surface area (Å²) in [6.07, 6.45) is 1.22. The van der Waals surface area contributed by atoms with Crippen LogP contribution in [-0.4, -0.2) is 46.5 Å². The van der Waals surface area contributed by atoms with E-state index >= 15 is 0 Å². The van der Waals surface area contributed by atoms with Crippen LogP contribution in [0, 0.1) is 0 Å². The first-order valence-electron chi connectivity index (χ1n) is 3.88. The molecule has 0 saturated carbocycles. The van der Waals surface area contributed by atoms with Gasteiger partial charge in [-0.05, 0) is 5.21 Å². The maximum atomic E-state index is 11.2. The zero-order valence-electron chi connectivity index (χ0n) is 7.67. The van der Waals surface area contributed by atoms with E-state index < -0.39 is 21.5 Å². The van der Waals surface area contributed by atoms with Crippen LogP contribution in [0.15, 0.2) is 12.7 Å². The molecule has 0 fully saturated rings. The van der Waals surface area contributed by atoms with Crippen LogP contribution < -0.4 is 5.32 Å². The second-order valence-corrected chi connectivity index (χ2v) is 4.74. The second-order valence-electron chi connectivity index (χ2n) is 2.63. The van der Waals surface area contributed by atoms with E-state index in [4.69, 9.17) is 0 Å². The van der Waals surface area contributed by atoms with Crippen molar-refractivity contribution in [1.29, 1.82) is 0 Å². The SMILES string of the molecule is C=CCS(=O)(=O)CC(=O)Nc1nn[nH]n1. The van der Waals surface area contributed by atoms with Gasteiger partial charge in [-0.1, -0.05) is 11.2 Å². The summed E-state index contributed by atoms with van der Waals surface area (Å²) in [6, 6.07) is 0. The van der Waals surface area contributed by atoms with Crippen molar-refractivity contribution in [2.24, 2.45) is 0 Å². The van der Waals surface area contributed by atoms with Gasteiger partial charge in [0.1, 0.15) is 5.75 Å². The van der Waals surface area contributed by atoms with Gasteiger partial charge in [0, 0.05) is 0 Å². The van der Waals surface area contributed by atoms with Crippen molar-refractivity contribution in [1.82, 2.24) is 20.6 Å². The van der Waals surface area contributed by atoms with Crippen LogP contribution in [0.5, 0.6) is 0 Å². The number of amides is 1. The fourth-order valence-electron chi connectivity index (χ4n) is 0.814. The highest BCUT2D eigenvalue weighted by Crippen LogP contribution is 1.95. The second kappa shape index (κ2) is 4.64. The van der Waals surface area contributed by atoms with E-state index in [2.05, 4.69) is 32.5 Å². The van der Waals surface area contributed by atoms with Crippen molar-refractivity contribution < 1.29 is 13.2 Å². The summed E-state index contributed by atoms with van der Waals surface area (Å²) in [4.78, 5) is 11.2. The molecule has 1 amide bonds. The minimum absolute atomic E-state index is 0.0613. The number of nitrogens with zero attached hydrogens (tertiary/aromatic N) is 3. The van der Waals surface area contributed by atoms with Crippen LogP contribution in [0.1, 0.15) is 0 Å². The number of hydrogen-bond donors (Lipinski definition) is 2. The smallest absolute Gasteiger partial charge is 0.269 e. The summed E-state index contributed by atoms with van der Waals surface area (Å²) >= 11 is 0. The summed E-state index contributed by atoms with van der Waals surface area (Å²) in [5.74, 6) is -1.65. The third-order valence-corrected chi connectivity index (χ3v) is 2.76. The molecule has 1 aromatic rings. The molecule has 0 aliphatic carbocycles. The Morgan fingerprint density at radius 2 is 2.33 bits per heavy atom. The number of carbonyl (C=O) groups is 1. The number of tetrazole rings is 1. The van der Waals surface area contributed by atoms with E-state index in [0.29, 0.717) is 0 Å². The van der Waals surface area contributed by atoms with Gasteiger partial charge < -0.3 is 0 Å². The molecule has 1 rings (SSSR count). The van der Waals surface area contributed by atoms with Gasteiger partial charge in [-0.15, -0.1) is 11.7 Å². The van der Waals surface area contributed by atoms with E-state index in [1.54, 1.807) is 0 Å². The number of anilines is 1. The van der Waals surface area contributed by atoms with Crippen LogP contribution in [0.4, 0.5) is 5.95 Å². The molecular formula is C6H9N5O3S. The first-order chi connectivity index (χ1) is 7.03. The first-order valence-corrected chi connectivity index (χ1v) is 5.70. The van der Waals surface area contributed by atoms with Crippen LogP contribution in [-0.2, 0) is 14.6 Å². The van der Waals surface area contributed by atoms with Gasteiger partial charge in [0.2, 0.25) is 5.91 Å². The van der Waals surface area contributed by atoms with Crippen molar-refractivity contribution in [2.45, 2.75) is 0 Å². The third-order valence-electron chi connectivity index (χ3n) is 1.32. The molecule has 0 bridgehead atoms. The van der Waals surface area contributed by atoms with Gasteiger partial charge in [0.15, 0.2) is 9.84 Å². The minimum Gasteiger partial charge on any atom is -0.291 e. The lowest BCUT2D eigenvalue weighted by Gasteiger charge is -2.00. The van der Waals surface area contributed by atoms with E-state index in [1.807, 2.05) is 0 Å². The van der Waals surface area contributed by atoms with Crippen molar-refractivity contribution in [2.75, 3.05) is 16.8 Å². The average molecular weight is 231 g/mol. The summed E-state index contributed by atoms with van der Waals surface area (Å²) in [5, 5.41) is 14.3. The molecule has 82 valence electrons. The predicted octanol–water partition coefficient (Wildman–Crippen LogP) is -1.26. The van der Waals surface area contributed by atoms with Crippen molar-refractivity contribution in [3.8, 4) is 0 Å². The molecule has 8 nitrogen and oxygen atoms in total. The highest BCUT2D eigenvalue weighted by molar-refractivity contribution is 7.92. The lowest BCUT2D eigenvalue weighted by Crippen LogP contribution is -2.24. The molecule has 2 N–H and O–H groups in total. The number of aromatic nitrogens is 4. The quantitative estimate of drug-likeness (QED) is 0.610. The van der Waals surface area contributed by atoms with Crippen molar-refractivity contribution >= 4 is 21.7 Å². The molecule has 1 aromatic heterocycles. The summed E-state index contributed by atoms with van der Waals surface area (Å²) < 4.78 is 22.3. The topological polar surface area (TPSA) is 118 Å². The van der Waals surface area contributed by atoms with Crippen molar-refractivity contribution in [3.63, 3.8) is 0 Å². The number of carbonyl (C=O) groups excluding carboxylic acids is 1. The molecule has 0 aromatic carbocycles. The van der Waals surface area contributed by atoms with Crippen LogP contribution >= 0.6 is 0 Å². The van der Waals surface area contributed by atoms with Gasteiger partial charge in [0.05, 0.1) is 5.75 Å². The Bertz CT molecular complexity index is 437. The van der Waals surface area contributed by atoms with E-state index in [9.17, 15) is 13.2 Å². The fraction of sp³-hybridized carbons (Fsp3) is 0.333. The Hall–Kier alpha value is -1.77. The van der Waals surface area contributed by atoms with Crippen LogP contribution in [0.3, 0.4) is 0 Å². The van der Waals surface area contributed by atoms with Crippen molar-refractivity contribution in [3.05, 3.63) is 12.7 Å². The highest BCUT2D eigenvalue weighted by Gasteiger charge is 2.16. The molecule has 0 unspecified atom stereocenters. The van der Waals surface area contributed by atoms with E-state index in [1.165, 1.54) is 6.08 Å². The Morgan fingerprint density at radius 3 is 2.87 bits per heavy atom. The molecule has 0 aliphatic heterocycles. The Balaban J connectivity index is 2.53. The molecule has 0 radical (unpaired) electrons. The Morgan fingerprint density at radius 1 is 1.60 bits per heavy atom. The summed E-state index contributed by atoms with van der Waals surface area (Å²) in [7, 11) is -3.45. The van der Waals surface area contributed by atoms with Crippen LogP contribution in [0.2, 0.25) is 0 Å². The average Bonchev–Trinajstić information content (AvgIpc) is 2.54. The van der Waals surface area contributed by atoms with Gasteiger partial charge in [-0.2, -0.15) is 5.21 Å². The molecular weight excluding hydrogens is 222 g/mol. The fourth-order valence-corrected chi connectivity index (χ4v) is 1.76. The third kappa shape index (κ3) is 3.85. The molecule has 0 saturated heterocycles. The molecule has 15 heavy (non-hydrogen) atoms. The molecule has 0 spiro atoms. The molecule has 9 heteroatoms. The van der Waals surface area contributed by atoms with E-state index in [0.717, 1.165) is 0 Å². The van der Waals surface area contributed by atoms with Gasteiger partial charge >= 0.3 is 0 Å². The number of H-pyrrole nitrogens is 1. The number of aromatic amines is 1. The Labute approximate surface area is 85.7 Å². The predicted molar refractivity (Wildman–Crippen MR) is 51.7 cm³/mol. The molecule has 0 atom stereocenters. The number of rotatable bonds is 5. The first kappa shape index (κ1) is 11.3. The summed E-state index contributed by atoms with van der Waals surface area (Å²) in [5.41, 5.74) is 0. The molecule has 1 heterocycles. The maximum Gasteiger partial charge on any atom is 0.269 e. The number of sulfone groups is 1. The summed E-state index contributed by atoms with van der Waals surface area (Å²) in [6.45, 7) is 3.28. The Kier molecular flexibility index (Phi) is 3.50.